The highest BCUT2D eigenvalue weighted by Gasteiger charge is 2.29. The number of carbonyl (C=O) groups excluding carboxylic acids is 1. The summed E-state index contributed by atoms with van der Waals surface area (Å²) < 4.78 is 20.6. The topological polar surface area (TPSA) is 131 Å². The van der Waals surface area contributed by atoms with Crippen molar-refractivity contribution in [1.29, 1.82) is 0 Å². The summed E-state index contributed by atoms with van der Waals surface area (Å²) in [5.41, 5.74) is 2.92. The van der Waals surface area contributed by atoms with Crippen molar-refractivity contribution in [3.8, 4) is 22.0 Å². The predicted octanol–water partition coefficient (Wildman–Crippen LogP) is 4.63. The number of aromatic nitrogens is 5. The first-order valence-corrected chi connectivity index (χ1v) is 12.4. The summed E-state index contributed by atoms with van der Waals surface area (Å²) in [7, 11) is 0. The molecule has 0 saturated heterocycles. The fourth-order valence-electron chi connectivity index (χ4n) is 3.99. The SMILES string of the molecule is Cc1ncc(-c2sc(C)nc2-c2nnc(N[C@H]3N=C(c4ccccc4)c4cccc(F)c4NC3=O)o2)cn1. The Morgan fingerprint density at radius 1 is 1.00 bits per heavy atom. The van der Waals surface area contributed by atoms with Crippen molar-refractivity contribution in [1.82, 2.24) is 25.1 Å². The zero-order chi connectivity index (χ0) is 26.2. The molecule has 38 heavy (non-hydrogen) atoms. The summed E-state index contributed by atoms with van der Waals surface area (Å²) in [6.45, 7) is 3.68. The van der Waals surface area contributed by atoms with E-state index in [1.807, 2.05) is 37.3 Å². The number of aryl methyl sites for hydroxylation is 2. The van der Waals surface area contributed by atoms with Gasteiger partial charge in [-0.15, -0.1) is 16.4 Å². The molecule has 188 valence electrons. The summed E-state index contributed by atoms with van der Waals surface area (Å²) >= 11 is 1.45. The van der Waals surface area contributed by atoms with Crippen molar-refractivity contribution in [3.05, 3.63) is 88.7 Å². The van der Waals surface area contributed by atoms with Crippen LogP contribution in [-0.4, -0.2) is 42.9 Å². The number of fused-ring (bicyclic) bond motifs is 1. The Balaban J connectivity index is 1.35. The number of aliphatic imine (C=N–C) groups is 1. The highest BCUT2D eigenvalue weighted by molar-refractivity contribution is 7.15. The maximum atomic E-state index is 14.7. The van der Waals surface area contributed by atoms with Crippen LogP contribution in [0.15, 0.2) is 70.3 Å². The summed E-state index contributed by atoms with van der Waals surface area (Å²) in [5.74, 6) is -0.334. The van der Waals surface area contributed by atoms with E-state index in [-0.39, 0.29) is 17.6 Å². The first kappa shape index (κ1) is 23.6. The lowest BCUT2D eigenvalue weighted by Gasteiger charge is -2.11. The maximum absolute atomic E-state index is 14.7. The molecule has 0 saturated carbocycles. The van der Waals surface area contributed by atoms with Gasteiger partial charge in [0.05, 0.1) is 21.3 Å². The number of benzodiazepines with no additional fused rings is 1. The minimum atomic E-state index is -1.17. The number of halogens is 1. The van der Waals surface area contributed by atoms with Crippen molar-refractivity contribution >= 4 is 34.7 Å². The van der Waals surface area contributed by atoms with Crippen molar-refractivity contribution in [2.24, 2.45) is 4.99 Å². The Morgan fingerprint density at radius 3 is 2.58 bits per heavy atom. The second-order valence-electron chi connectivity index (χ2n) is 8.38. The van der Waals surface area contributed by atoms with E-state index in [0.717, 1.165) is 21.0 Å². The minimum absolute atomic E-state index is 0.0421. The Labute approximate surface area is 219 Å². The normalized spacial score (nSPS) is 14.9. The quantitative estimate of drug-likeness (QED) is 0.339. The lowest BCUT2D eigenvalue weighted by Crippen LogP contribution is -2.32. The highest BCUT2D eigenvalue weighted by atomic mass is 32.1. The summed E-state index contributed by atoms with van der Waals surface area (Å²) in [6.07, 6.45) is 2.24. The molecule has 0 bridgehead atoms. The smallest absolute Gasteiger partial charge is 0.317 e. The van der Waals surface area contributed by atoms with Crippen LogP contribution in [0.2, 0.25) is 0 Å². The maximum Gasteiger partial charge on any atom is 0.317 e. The van der Waals surface area contributed by atoms with Crippen LogP contribution in [0, 0.1) is 19.7 Å². The largest absolute Gasteiger partial charge is 0.402 e. The number of nitrogens with zero attached hydrogens (tertiary/aromatic N) is 6. The van der Waals surface area contributed by atoms with Crippen molar-refractivity contribution in [2.45, 2.75) is 20.0 Å². The fourth-order valence-corrected chi connectivity index (χ4v) is 4.88. The fraction of sp³-hybridized carbons (Fsp3) is 0.115. The standard InChI is InChI=1S/C26H19FN8O2S/c1-13-28-11-16(12-29-13)22-21(30-14(2)38-22)25-34-35-26(37-25)33-23-24(36)32-20-17(9-6-10-18(20)27)19(31-23)15-7-4-3-5-8-15/h3-12,23H,1-2H3,(H,32,36)(H,33,35)/t23-/m1/s1. The van der Waals surface area contributed by atoms with Crippen molar-refractivity contribution in [2.75, 3.05) is 10.6 Å². The summed E-state index contributed by atoms with van der Waals surface area (Å²) in [5, 5.41) is 14.5. The molecule has 0 radical (unpaired) electrons. The molecule has 3 aromatic heterocycles. The second kappa shape index (κ2) is 9.56. The molecule has 0 fully saturated rings. The molecule has 5 aromatic rings. The Hall–Kier alpha value is -4.84. The lowest BCUT2D eigenvalue weighted by atomic mass is 10.0. The second-order valence-corrected chi connectivity index (χ2v) is 9.59. The molecule has 2 N–H and O–H groups in total. The zero-order valence-electron chi connectivity index (χ0n) is 20.1. The van der Waals surface area contributed by atoms with Crippen LogP contribution < -0.4 is 10.6 Å². The van der Waals surface area contributed by atoms with Crippen LogP contribution in [0.1, 0.15) is 22.0 Å². The Bertz CT molecular complexity index is 1680. The molecule has 10 nitrogen and oxygen atoms in total. The minimum Gasteiger partial charge on any atom is -0.402 e. The van der Waals surface area contributed by atoms with Gasteiger partial charge in [0.15, 0.2) is 0 Å². The summed E-state index contributed by atoms with van der Waals surface area (Å²) in [6, 6.07) is 13.8. The number of rotatable bonds is 5. The van der Waals surface area contributed by atoms with Crippen molar-refractivity contribution in [3.63, 3.8) is 0 Å². The zero-order valence-corrected chi connectivity index (χ0v) is 21.0. The number of nitrogens with one attached hydrogen (secondary N) is 2. The van der Waals surface area contributed by atoms with Crippen LogP contribution in [0.4, 0.5) is 16.1 Å². The van der Waals surface area contributed by atoms with E-state index >= 15 is 0 Å². The Morgan fingerprint density at radius 2 is 1.79 bits per heavy atom. The van der Waals surface area contributed by atoms with Gasteiger partial charge in [0.25, 0.3) is 11.8 Å². The third-order valence-corrected chi connectivity index (χ3v) is 6.76. The average molecular weight is 527 g/mol. The molecule has 0 unspecified atom stereocenters. The number of hydrogen-bond donors (Lipinski definition) is 2. The number of carbonyl (C=O) groups is 1. The monoisotopic (exact) mass is 526 g/mol. The van der Waals surface area contributed by atoms with Gasteiger partial charge in [-0.3, -0.25) is 4.79 Å². The number of amides is 1. The van der Waals surface area contributed by atoms with Gasteiger partial charge in [0.2, 0.25) is 6.17 Å². The third-order valence-electron chi connectivity index (χ3n) is 5.74. The van der Waals surface area contributed by atoms with Gasteiger partial charge in [-0.25, -0.2) is 24.3 Å². The average Bonchev–Trinajstić information content (AvgIpc) is 3.51. The van der Waals surface area contributed by atoms with Gasteiger partial charge in [0, 0.05) is 29.1 Å². The molecule has 4 heterocycles. The van der Waals surface area contributed by atoms with Crippen LogP contribution in [0.3, 0.4) is 0 Å². The first-order valence-electron chi connectivity index (χ1n) is 11.6. The number of anilines is 2. The van der Waals surface area contributed by atoms with E-state index in [0.29, 0.717) is 22.8 Å². The molecule has 1 amide bonds. The predicted molar refractivity (Wildman–Crippen MR) is 140 cm³/mol. The van der Waals surface area contributed by atoms with Crippen LogP contribution >= 0.6 is 11.3 Å². The summed E-state index contributed by atoms with van der Waals surface area (Å²) in [4.78, 5) is 31.6. The first-order chi connectivity index (χ1) is 18.5. The van der Waals surface area contributed by atoms with E-state index in [9.17, 15) is 9.18 Å². The molecule has 0 spiro atoms. The van der Waals surface area contributed by atoms with Crippen LogP contribution in [-0.2, 0) is 4.79 Å². The molecular weight excluding hydrogens is 507 g/mol. The molecule has 1 atom stereocenters. The molecule has 2 aromatic carbocycles. The third kappa shape index (κ3) is 4.41. The molecule has 0 aliphatic carbocycles. The molecule has 1 aliphatic rings. The molecule has 1 aliphatic heterocycles. The van der Waals surface area contributed by atoms with Crippen LogP contribution in [0.25, 0.3) is 22.0 Å². The van der Waals surface area contributed by atoms with E-state index in [1.165, 1.54) is 17.4 Å². The van der Waals surface area contributed by atoms with Gasteiger partial charge < -0.3 is 15.1 Å². The molecular formula is C26H19FN8O2S. The number of thiazole rings is 1. The van der Waals surface area contributed by atoms with Gasteiger partial charge in [-0.05, 0) is 19.9 Å². The molecule has 6 rings (SSSR count). The van der Waals surface area contributed by atoms with E-state index in [1.54, 1.807) is 31.5 Å². The van der Waals surface area contributed by atoms with Gasteiger partial charge in [0.1, 0.15) is 17.3 Å². The van der Waals surface area contributed by atoms with E-state index < -0.39 is 17.9 Å². The van der Waals surface area contributed by atoms with Gasteiger partial charge in [-0.1, -0.05) is 47.6 Å². The molecule has 12 heteroatoms. The number of benzene rings is 2. The van der Waals surface area contributed by atoms with E-state index in [4.69, 9.17) is 4.42 Å². The number of hydrogen-bond acceptors (Lipinski definition) is 10. The van der Waals surface area contributed by atoms with Crippen LogP contribution in [0.5, 0.6) is 0 Å². The Kier molecular flexibility index (Phi) is 5.92. The lowest BCUT2D eigenvalue weighted by molar-refractivity contribution is -0.116. The van der Waals surface area contributed by atoms with Gasteiger partial charge in [-0.2, -0.15) is 0 Å². The van der Waals surface area contributed by atoms with Crippen molar-refractivity contribution < 1.29 is 13.6 Å². The number of para-hydroxylation sites is 1. The highest BCUT2D eigenvalue weighted by Crippen LogP contribution is 2.36. The van der Waals surface area contributed by atoms with E-state index in [2.05, 4.69) is 40.8 Å². The van der Waals surface area contributed by atoms with Gasteiger partial charge >= 0.3 is 6.01 Å².